The van der Waals surface area contributed by atoms with E-state index in [1.54, 1.807) is 56.3 Å². The molecule has 0 aromatic heterocycles. The van der Waals surface area contributed by atoms with Crippen LogP contribution < -0.4 is 0 Å². The highest BCUT2D eigenvalue weighted by molar-refractivity contribution is 6.33. The first-order valence-corrected chi connectivity index (χ1v) is 7.06. The maximum atomic E-state index is 13.7. The molecule has 0 aliphatic rings. The van der Waals surface area contributed by atoms with Gasteiger partial charge in [0.1, 0.15) is 5.82 Å². The monoisotopic (exact) mass is 306 g/mol. The molecule has 2 aromatic rings. The fourth-order valence-corrected chi connectivity index (χ4v) is 2.22. The van der Waals surface area contributed by atoms with Gasteiger partial charge in [-0.05, 0) is 31.0 Å². The minimum absolute atomic E-state index is 0.272. The SMILES string of the molecule is CCOC(=O)C(C)(Cl)c1ccc(-c2ccccc2F)cc1. The second kappa shape index (κ2) is 6.27. The molecule has 0 bridgehead atoms. The van der Waals surface area contributed by atoms with Crippen molar-refractivity contribution in [2.75, 3.05) is 6.61 Å². The molecule has 0 saturated heterocycles. The molecule has 1 atom stereocenters. The Morgan fingerprint density at radius 1 is 1.19 bits per heavy atom. The number of ether oxygens (including phenoxy) is 1. The number of hydrogen-bond acceptors (Lipinski definition) is 2. The van der Waals surface area contributed by atoms with E-state index in [9.17, 15) is 9.18 Å². The van der Waals surface area contributed by atoms with Gasteiger partial charge in [0, 0.05) is 5.56 Å². The molecule has 0 aliphatic carbocycles. The molecule has 4 heteroatoms. The first-order valence-electron chi connectivity index (χ1n) is 6.68. The minimum atomic E-state index is -1.25. The average Bonchev–Trinajstić information content (AvgIpc) is 2.48. The number of hydrogen-bond donors (Lipinski definition) is 0. The third-order valence-electron chi connectivity index (χ3n) is 3.27. The van der Waals surface area contributed by atoms with Crippen molar-refractivity contribution in [3.8, 4) is 11.1 Å². The lowest BCUT2D eigenvalue weighted by molar-refractivity contribution is -0.146. The molecule has 0 spiro atoms. The summed E-state index contributed by atoms with van der Waals surface area (Å²) in [5, 5.41) is 0. The standard InChI is InChI=1S/C17H16ClFO2/c1-3-21-16(20)17(2,18)13-10-8-12(9-11-13)14-6-4-5-7-15(14)19/h4-11H,3H2,1-2H3. The van der Waals surface area contributed by atoms with E-state index in [0.717, 1.165) is 5.56 Å². The van der Waals surface area contributed by atoms with Crippen LogP contribution in [0.15, 0.2) is 48.5 Å². The van der Waals surface area contributed by atoms with Gasteiger partial charge in [0.05, 0.1) is 6.61 Å². The van der Waals surface area contributed by atoms with Gasteiger partial charge in [-0.1, -0.05) is 42.5 Å². The minimum Gasteiger partial charge on any atom is -0.464 e. The van der Waals surface area contributed by atoms with Gasteiger partial charge >= 0.3 is 5.97 Å². The lowest BCUT2D eigenvalue weighted by Gasteiger charge is -2.20. The van der Waals surface area contributed by atoms with Crippen LogP contribution in [0.4, 0.5) is 4.39 Å². The quantitative estimate of drug-likeness (QED) is 0.613. The summed E-state index contributed by atoms with van der Waals surface area (Å²) < 4.78 is 18.7. The molecule has 110 valence electrons. The smallest absolute Gasteiger partial charge is 0.331 e. The van der Waals surface area contributed by atoms with Crippen LogP contribution in [0.5, 0.6) is 0 Å². The van der Waals surface area contributed by atoms with Gasteiger partial charge in [-0.25, -0.2) is 9.18 Å². The summed E-state index contributed by atoms with van der Waals surface area (Å²) in [7, 11) is 0. The summed E-state index contributed by atoms with van der Waals surface area (Å²) in [4.78, 5) is 10.6. The highest BCUT2D eigenvalue weighted by Gasteiger charge is 2.34. The molecule has 0 aliphatic heterocycles. The van der Waals surface area contributed by atoms with Crippen molar-refractivity contribution in [1.29, 1.82) is 0 Å². The number of rotatable bonds is 4. The third-order valence-corrected chi connectivity index (χ3v) is 3.64. The summed E-state index contributed by atoms with van der Waals surface area (Å²) in [5.41, 5.74) is 1.85. The fraction of sp³-hybridized carbons (Fsp3) is 0.235. The van der Waals surface area contributed by atoms with Crippen LogP contribution in [0.2, 0.25) is 0 Å². The highest BCUT2D eigenvalue weighted by Crippen LogP contribution is 2.32. The second-order valence-electron chi connectivity index (χ2n) is 4.78. The Hall–Kier alpha value is -1.87. The molecule has 21 heavy (non-hydrogen) atoms. The van der Waals surface area contributed by atoms with E-state index in [1.165, 1.54) is 6.07 Å². The molecular weight excluding hydrogens is 291 g/mol. The lowest BCUT2D eigenvalue weighted by atomic mass is 9.96. The van der Waals surface area contributed by atoms with Gasteiger partial charge < -0.3 is 4.74 Å². The Morgan fingerprint density at radius 3 is 2.38 bits per heavy atom. The molecule has 0 radical (unpaired) electrons. The van der Waals surface area contributed by atoms with E-state index in [2.05, 4.69) is 0 Å². The second-order valence-corrected chi connectivity index (χ2v) is 5.54. The van der Waals surface area contributed by atoms with E-state index in [4.69, 9.17) is 16.3 Å². The zero-order valence-corrected chi connectivity index (χ0v) is 12.7. The van der Waals surface area contributed by atoms with E-state index in [-0.39, 0.29) is 12.4 Å². The molecule has 2 rings (SSSR count). The van der Waals surface area contributed by atoms with Crippen molar-refractivity contribution in [1.82, 2.24) is 0 Å². The van der Waals surface area contributed by atoms with Crippen LogP contribution in [0, 0.1) is 5.82 Å². The maximum Gasteiger partial charge on any atom is 0.331 e. The zero-order chi connectivity index (χ0) is 15.5. The molecule has 2 aromatic carbocycles. The van der Waals surface area contributed by atoms with Crippen LogP contribution >= 0.6 is 11.6 Å². The molecule has 0 saturated carbocycles. The summed E-state index contributed by atoms with van der Waals surface area (Å²) in [6.45, 7) is 3.59. The maximum absolute atomic E-state index is 13.7. The van der Waals surface area contributed by atoms with Crippen molar-refractivity contribution < 1.29 is 13.9 Å². The van der Waals surface area contributed by atoms with Gasteiger partial charge in [-0.3, -0.25) is 0 Å². The van der Waals surface area contributed by atoms with Crippen molar-refractivity contribution in [3.05, 3.63) is 59.9 Å². The molecule has 0 N–H and O–H groups in total. The first kappa shape index (κ1) is 15.5. The van der Waals surface area contributed by atoms with Crippen molar-refractivity contribution in [2.24, 2.45) is 0 Å². The van der Waals surface area contributed by atoms with Gasteiger partial charge in [0.2, 0.25) is 0 Å². The first-order chi connectivity index (χ1) is 9.96. The predicted molar refractivity (Wildman–Crippen MR) is 81.7 cm³/mol. The van der Waals surface area contributed by atoms with Crippen LogP contribution in [0.3, 0.4) is 0 Å². The average molecular weight is 307 g/mol. The number of carbonyl (C=O) groups excluding carboxylic acids is 1. The molecule has 1 unspecified atom stereocenters. The van der Waals surface area contributed by atoms with Gasteiger partial charge in [0.15, 0.2) is 4.87 Å². The van der Waals surface area contributed by atoms with Gasteiger partial charge in [-0.15, -0.1) is 11.6 Å². The Bertz CT molecular complexity index is 635. The van der Waals surface area contributed by atoms with E-state index < -0.39 is 10.8 Å². The Kier molecular flexibility index (Phi) is 4.63. The van der Waals surface area contributed by atoms with E-state index >= 15 is 0 Å². The Morgan fingerprint density at radius 2 is 1.81 bits per heavy atom. The summed E-state index contributed by atoms with van der Waals surface area (Å²) in [6, 6.07) is 13.4. The topological polar surface area (TPSA) is 26.3 Å². The van der Waals surface area contributed by atoms with Crippen molar-refractivity contribution in [3.63, 3.8) is 0 Å². The third kappa shape index (κ3) is 3.24. The summed E-state index contributed by atoms with van der Waals surface area (Å²) in [5.74, 6) is -0.783. The number of carbonyl (C=O) groups is 1. The molecule has 0 fully saturated rings. The Labute approximate surface area is 128 Å². The predicted octanol–water partition coefficient (Wildman–Crippen LogP) is 4.51. The van der Waals surface area contributed by atoms with Gasteiger partial charge in [-0.2, -0.15) is 0 Å². The fourth-order valence-electron chi connectivity index (χ4n) is 2.04. The largest absolute Gasteiger partial charge is 0.464 e. The van der Waals surface area contributed by atoms with Crippen LogP contribution in [0.25, 0.3) is 11.1 Å². The summed E-state index contributed by atoms with van der Waals surface area (Å²) >= 11 is 6.27. The Balaban J connectivity index is 2.31. The number of esters is 1. The normalized spacial score (nSPS) is 13.5. The highest BCUT2D eigenvalue weighted by atomic mass is 35.5. The van der Waals surface area contributed by atoms with Gasteiger partial charge in [0.25, 0.3) is 0 Å². The number of alkyl halides is 1. The summed E-state index contributed by atoms with van der Waals surface area (Å²) in [6.07, 6.45) is 0. The lowest BCUT2D eigenvalue weighted by Crippen LogP contribution is -2.28. The van der Waals surface area contributed by atoms with Crippen molar-refractivity contribution in [2.45, 2.75) is 18.7 Å². The molecule has 0 amide bonds. The van der Waals surface area contributed by atoms with E-state index in [1.807, 2.05) is 0 Å². The van der Waals surface area contributed by atoms with Crippen LogP contribution in [-0.2, 0) is 14.4 Å². The molecule has 2 nitrogen and oxygen atoms in total. The van der Waals surface area contributed by atoms with E-state index in [0.29, 0.717) is 11.1 Å². The number of halogens is 2. The molecule has 0 heterocycles. The van der Waals surface area contributed by atoms with Crippen LogP contribution in [0.1, 0.15) is 19.4 Å². The molecular formula is C17H16ClFO2. The zero-order valence-electron chi connectivity index (χ0n) is 11.9. The van der Waals surface area contributed by atoms with Crippen molar-refractivity contribution >= 4 is 17.6 Å². The number of benzene rings is 2. The van der Waals surface area contributed by atoms with Crippen LogP contribution in [-0.4, -0.2) is 12.6 Å².